The van der Waals surface area contributed by atoms with Crippen LogP contribution < -0.4 is 5.32 Å². The molecule has 0 saturated carbocycles. The highest BCUT2D eigenvalue weighted by Gasteiger charge is 2.24. The van der Waals surface area contributed by atoms with Gasteiger partial charge in [0.15, 0.2) is 0 Å². The summed E-state index contributed by atoms with van der Waals surface area (Å²) in [5, 5.41) is 33.3. The van der Waals surface area contributed by atoms with Gasteiger partial charge in [0.2, 0.25) is 0 Å². The van der Waals surface area contributed by atoms with Gasteiger partial charge in [0.25, 0.3) is 0 Å². The lowest BCUT2D eigenvalue weighted by Gasteiger charge is -2.20. The molecule has 8 heteroatoms. The van der Waals surface area contributed by atoms with Crippen molar-refractivity contribution in [3.63, 3.8) is 0 Å². The van der Waals surface area contributed by atoms with E-state index < -0.39 is 0 Å². The van der Waals surface area contributed by atoms with E-state index in [-0.39, 0.29) is 23.1 Å². The van der Waals surface area contributed by atoms with Gasteiger partial charge in [-0.05, 0) is 92.9 Å². The average Bonchev–Trinajstić information content (AvgIpc) is 3.59. The first-order valence-electron chi connectivity index (χ1n) is 13.1. The van der Waals surface area contributed by atoms with Gasteiger partial charge in [-0.25, -0.2) is 0 Å². The third-order valence-corrected chi connectivity index (χ3v) is 9.14. The number of aromatic hydroxyl groups is 2. The van der Waals surface area contributed by atoms with Gasteiger partial charge in [0.05, 0.1) is 6.10 Å². The minimum absolute atomic E-state index is 0. The number of thioether (sulfide) groups is 2. The maximum Gasteiger partial charge on any atom is 0.115 e. The molecule has 3 atom stereocenters. The van der Waals surface area contributed by atoms with Crippen molar-refractivity contribution >= 4 is 40.5 Å². The molecule has 0 aliphatic carbocycles. The molecule has 2 aliphatic rings. The first kappa shape index (κ1) is 30.9. The van der Waals surface area contributed by atoms with Gasteiger partial charge in [0.1, 0.15) is 11.5 Å². The van der Waals surface area contributed by atoms with Crippen molar-refractivity contribution in [2.75, 3.05) is 32.7 Å². The summed E-state index contributed by atoms with van der Waals surface area (Å²) in [6, 6.07) is 25.2. The van der Waals surface area contributed by atoms with E-state index in [1.807, 2.05) is 66.0 Å². The van der Waals surface area contributed by atoms with Crippen molar-refractivity contribution in [1.82, 2.24) is 10.2 Å². The predicted octanol–water partition coefficient (Wildman–Crippen LogP) is 5.98. The van der Waals surface area contributed by atoms with Crippen molar-refractivity contribution in [1.29, 1.82) is 0 Å². The minimum atomic E-state index is -0.261. The van der Waals surface area contributed by atoms with Gasteiger partial charge >= 0.3 is 0 Å². The maximum atomic E-state index is 10.3. The second kappa shape index (κ2) is 16.4. The number of aliphatic hydroxyl groups is 1. The number of likely N-dealkylation sites (tertiary alicyclic amines) is 1. The van der Waals surface area contributed by atoms with Crippen molar-refractivity contribution in [2.24, 2.45) is 0 Å². The Hall–Kier alpha value is -1.68. The molecule has 3 aromatic rings. The highest BCUT2D eigenvalue weighted by Crippen LogP contribution is 2.31. The molecular weight excluding hydrogens is 580 g/mol. The lowest BCUT2D eigenvalue weighted by molar-refractivity contribution is 0.117. The molecule has 0 amide bonds. The summed E-state index contributed by atoms with van der Waals surface area (Å²) < 4.78 is 0. The molecule has 3 aromatic carbocycles. The molecule has 2 saturated heterocycles. The van der Waals surface area contributed by atoms with E-state index >= 15 is 0 Å². The van der Waals surface area contributed by atoms with Crippen molar-refractivity contribution in [3.05, 3.63) is 84.4 Å². The van der Waals surface area contributed by atoms with E-state index in [2.05, 4.69) is 22.3 Å². The number of aliphatic hydroxyl groups excluding tert-OH is 1. The second-order valence-electron chi connectivity index (χ2n) is 9.69. The number of hydrogen-bond acceptors (Lipinski definition) is 7. The Morgan fingerprint density at radius 3 is 2.00 bits per heavy atom. The molecule has 38 heavy (non-hydrogen) atoms. The van der Waals surface area contributed by atoms with Crippen LogP contribution in [0.15, 0.2) is 88.7 Å². The van der Waals surface area contributed by atoms with Crippen LogP contribution >= 0.6 is 40.5 Å². The lowest BCUT2D eigenvalue weighted by Crippen LogP contribution is -2.31. The number of halogens is 1. The Morgan fingerprint density at radius 2 is 1.42 bits per heavy atom. The molecule has 0 bridgehead atoms. The number of rotatable bonds is 9. The molecule has 0 unspecified atom stereocenters. The van der Waals surface area contributed by atoms with Crippen LogP contribution in [0.4, 0.5) is 0 Å². The highest BCUT2D eigenvalue weighted by atomic mass is 79.9. The standard InChI is InChI=1S/C20H25NO2S.C10H13NOS.BrH/c22-17-8-10-19(11-9-17)24-20-12-13-21(15-20)14-18(23)7-6-16-4-2-1-3-5-16;12-8-1-3-9(4-2-8)13-10-5-6-11-7-10;/h1-5,8-11,18,20,22-23H,6-7,12-15H2;1-4,10-12H,5-7H2;1H/t18-,20+;10-;/m10./s1. The van der Waals surface area contributed by atoms with E-state index in [1.54, 1.807) is 24.3 Å². The van der Waals surface area contributed by atoms with Crippen LogP contribution in [0.1, 0.15) is 24.8 Å². The number of hydrogen-bond donors (Lipinski definition) is 4. The van der Waals surface area contributed by atoms with Crippen molar-refractivity contribution < 1.29 is 15.3 Å². The fourth-order valence-corrected chi connectivity index (χ4v) is 6.89. The number of nitrogens with zero attached hydrogens (tertiary/aromatic N) is 1. The molecule has 2 fully saturated rings. The van der Waals surface area contributed by atoms with Crippen LogP contribution in [0.5, 0.6) is 11.5 Å². The topological polar surface area (TPSA) is 76.0 Å². The fourth-order valence-electron chi connectivity index (χ4n) is 4.59. The summed E-state index contributed by atoms with van der Waals surface area (Å²) in [5.74, 6) is 0.655. The van der Waals surface area contributed by atoms with Gasteiger partial charge < -0.3 is 20.6 Å². The molecule has 5 rings (SSSR count). The summed E-state index contributed by atoms with van der Waals surface area (Å²) in [7, 11) is 0. The van der Waals surface area contributed by atoms with E-state index in [0.29, 0.717) is 22.0 Å². The Balaban J connectivity index is 0.000000242. The fraction of sp³-hybridized carbons (Fsp3) is 0.400. The first-order chi connectivity index (χ1) is 18.0. The molecule has 0 spiro atoms. The van der Waals surface area contributed by atoms with Crippen LogP contribution in [-0.4, -0.2) is 69.5 Å². The number of β-amino-alcohol motifs (C(OH)–C–C–N with tert-alkyl or cyclic N) is 1. The van der Waals surface area contributed by atoms with Crippen LogP contribution in [0.3, 0.4) is 0 Å². The Labute approximate surface area is 245 Å². The van der Waals surface area contributed by atoms with E-state index in [1.165, 1.54) is 21.8 Å². The summed E-state index contributed by atoms with van der Waals surface area (Å²) in [4.78, 5) is 4.81. The summed E-state index contributed by atoms with van der Waals surface area (Å²) in [5.41, 5.74) is 1.29. The third kappa shape index (κ3) is 10.8. The molecule has 2 heterocycles. The Morgan fingerprint density at radius 1 is 0.816 bits per heavy atom. The zero-order valence-electron chi connectivity index (χ0n) is 21.6. The van der Waals surface area contributed by atoms with Gasteiger partial charge in [-0.2, -0.15) is 0 Å². The average molecular weight is 620 g/mol. The van der Waals surface area contributed by atoms with Gasteiger partial charge in [0, 0.05) is 39.9 Å². The third-order valence-electron chi connectivity index (χ3n) is 6.60. The number of benzene rings is 3. The largest absolute Gasteiger partial charge is 0.508 e. The number of nitrogens with one attached hydrogen (secondary N) is 1. The maximum absolute atomic E-state index is 10.3. The summed E-state index contributed by atoms with van der Waals surface area (Å²) >= 11 is 3.75. The highest BCUT2D eigenvalue weighted by molar-refractivity contribution is 8.93. The SMILES string of the molecule is Br.Oc1ccc(S[C@H]2CCN(C[C@H](O)CCc3ccccc3)C2)cc1.Oc1ccc(S[C@H]2CCNC2)cc1. The van der Waals surface area contributed by atoms with Crippen LogP contribution in [0.25, 0.3) is 0 Å². The zero-order chi connectivity index (χ0) is 25.9. The van der Waals surface area contributed by atoms with Gasteiger partial charge in [-0.3, -0.25) is 4.90 Å². The molecular formula is C30H39BrN2O3S2. The molecule has 0 radical (unpaired) electrons. The zero-order valence-corrected chi connectivity index (χ0v) is 25.0. The number of phenolic OH excluding ortho intramolecular Hbond substituents is 2. The lowest BCUT2D eigenvalue weighted by atomic mass is 10.1. The van der Waals surface area contributed by atoms with Crippen molar-refractivity contribution in [3.8, 4) is 11.5 Å². The monoisotopic (exact) mass is 618 g/mol. The van der Waals surface area contributed by atoms with Crippen LogP contribution in [-0.2, 0) is 6.42 Å². The predicted molar refractivity (Wildman–Crippen MR) is 165 cm³/mol. The quantitative estimate of drug-likeness (QED) is 0.235. The smallest absolute Gasteiger partial charge is 0.115 e. The molecule has 5 nitrogen and oxygen atoms in total. The first-order valence-corrected chi connectivity index (χ1v) is 14.9. The summed E-state index contributed by atoms with van der Waals surface area (Å²) in [6.07, 6.45) is 3.88. The van der Waals surface area contributed by atoms with Crippen LogP contribution in [0.2, 0.25) is 0 Å². The molecule has 206 valence electrons. The number of phenols is 2. The van der Waals surface area contributed by atoms with E-state index in [9.17, 15) is 10.2 Å². The van der Waals surface area contributed by atoms with Crippen LogP contribution in [0, 0.1) is 0 Å². The van der Waals surface area contributed by atoms with Crippen molar-refractivity contribution in [2.45, 2.75) is 52.1 Å². The minimum Gasteiger partial charge on any atom is -0.508 e. The molecule has 2 aliphatic heterocycles. The molecule has 0 aromatic heterocycles. The van der Waals surface area contributed by atoms with Gasteiger partial charge in [-0.1, -0.05) is 30.3 Å². The Kier molecular flexibility index (Phi) is 13.3. The molecule has 4 N–H and O–H groups in total. The number of aryl methyl sites for hydroxylation is 1. The second-order valence-corrected chi connectivity index (χ2v) is 12.4. The van der Waals surface area contributed by atoms with E-state index in [4.69, 9.17) is 5.11 Å². The van der Waals surface area contributed by atoms with Gasteiger partial charge in [-0.15, -0.1) is 40.5 Å². The normalized spacial score (nSPS) is 19.8. The van der Waals surface area contributed by atoms with E-state index in [0.717, 1.165) is 52.0 Å². The summed E-state index contributed by atoms with van der Waals surface area (Å²) in [6.45, 7) is 5.08. The Bertz CT molecular complexity index is 1050.